The molecule has 18 heavy (non-hydrogen) atoms. The molecule has 0 aromatic heterocycles. The molecule has 6 nitrogen and oxygen atoms in total. The number of rotatable bonds is 4. The van der Waals surface area contributed by atoms with Gasteiger partial charge in [-0.3, -0.25) is 9.59 Å². The van der Waals surface area contributed by atoms with E-state index in [1.54, 1.807) is 0 Å². The smallest absolute Gasteiger partial charge is 0.313 e. The van der Waals surface area contributed by atoms with Gasteiger partial charge >= 0.3 is 11.8 Å². The van der Waals surface area contributed by atoms with Crippen molar-refractivity contribution in [1.82, 2.24) is 5.32 Å². The number of nitrogens with one attached hydrogen (secondary N) is 2. The first-order valence-electron chi connectivity index (χ1n) is 5.21. The summed E-state index contributed by atoms with van der Waals surface area (Å²) in [7, 11) is 1.33. The highest BCUT2D eigenvalue weighted by molar-refractivity contribution is 6.39. The van der Waals surface area contributed by atoms with Crippen molar-refractivity contribution in [3.63, 3.8) is 0 Å². The zero-order valence-corrected chi connectivity index (χ0v) is 9.83. The molecule has 1 rings (SSSR count). The normalized spacial score (nSPS) is 9.72. The van der Waals surface area contributed by atoms with Crippen LogP contribution in [-0.2, 0) is 9.59 Å². The molecule has 4 N–H and O–H groups in total. The minimum atomic E-state index is -0.881. The lowest BCUT2D eigenvalue weighted by atomic mass is 10.3. The third-order valence-electron chi connectivity index (χ3n) is 2.05. The Balaban J connectivity index is 2.64. The quantitative estimate of drug-likeness (QED) is 0.652. The van der Waals surface area contributed by atoms with Gasteiger partial charge < -0.3 is 21.1 Å². The lowest BCUT2D eigenvalue weighted by Crippen LogP contribution is -2.37. The number of benzene rings is 1. The standard InChI is InChI=1S/C11H14FN3O3/c1-18-9-3-2-7(6-8(9)12)15-11(17)10(16)14-5-4-13/h2-3,6H,4-5,13H2,1H3,(H,14,16)(H,15,17). The number of amides is 2. The van der Waals surface area contributed by atoms with Gasteiger partial charge in [-0.05, 0) is 12.1 Å². The summed E-state index contributed by atoms with van der Waals surface area (Å²) in [4.78, 5) is 22.6. The number of hydrogen-bond donors (Lipinski definition) is 3. The van der Waals surface area contributed by atoms with Crippen LogP contribution >= 0.6 is 0 Å². The first-order chi connectivity index (χ1) is 8.58. The highest BCUT2D eigenvalue weighted by atomic mass is 19.1. The van der Waals surface area contributed by atoms with Crippen LogP contribution in [0.4, 0.5) is 10.1 Å². The van der Waals surface area contributed by atoms with Gasteiger partial charge in [0.15, 0.2) is 11.6 Å². The van der Waals surface area contributed by atoms with Crippen LogP contribution in [0.2, 0.25) is 0 Å². The third kappa shape index (κ3) is 3.70. The van der Waals surface area contributed by atoms with Crippen molar-refractivity contribution < 1.29 is 18.7 Å². The van der Waals surface area contributed by atoms with Gasteiger partial charge in [0.2, 0.25) is 0 Å². The molecule has 0 aliphatic heterocycles. The fourth-order valence-corrected chi connectivity index (χ4v) is 1.20. The molecular weight excluding hydrogens is 241 g/mol. The van der Waals surface area contributed by atoms with Gasteiger partial charge in [-0.1, -0.05) is 0 Å². The molecule has 0 heterocycles. The van der Waals surface area contributed by atoms with Gasteiger partial charge in [-0.15, -0.1) is 0 Å². The van der Waals surface area contributed by atoms with Crippen molar-refractivity contribution in [2.24, 2.45) is 5.73 Å². The van der Waals surface area contributed by atoms with Crippen molar-refractivity contribution in [1.29, 1.82) is 0 Å². The number of hydrogen-bond acceptors (Lipinski definition) is 4. The van der Waals surface area contributed by atoms with E-state index < -0.39 is 17.6 Å². The first-order valence-corrected chi connectivity index (χ1v) is 5.21. The summed E-state index contributed by atoms with van der Waals surface area (Å²) in [6.07, 6.45) is 0. The van der Waals surface area contributed by atoms with Crippen LogP contribution in [0.1, 0.15) is 0 Å². The Kier molecular flexibility index (Phi) is 5.06. The third-order valence-corrected chi connectivity index (χ3v) is 2.05. The molecule has 1 aromatic carbocycles. The van der Waals surface area contributed by atoms with Crippen molar-refractivity contribution in [2.45, 2.75) is 0 Å². The fourth-order valence-electron chi connectivity index (χ4n) is 1.20. The van der Waals surface area contributed by atoms with Crippen LogP contribution in [0, 0.1) is 5.82 Å². The summed E-state index contributed by atoms with van der Waals surface area (Å²) >= 11 is 0. The zero-order valence-electron chi connectivity index (χ0n) is 9.83. The average molecular weight is 255 g/mol. The summed E-state index contributed by atoms with van der Waals surface area (Å²) in [5.41, 5.74) is 5.34. The maximum absolute atomic E-state index is 13.3. The SMILES string of the molecule is COc1ccc(NC(=O)C(=O)NCCN)cc1F. The molecule has 98 valence electrons. The van der Waals surface area contributed by atoms with Gasteiger partial charge in [0, 0.05) is 24.8 Å². The number of methoxy groups -OCH3 is 1. The largest absolute Gasteiger partial charge is 0.494 e. The van der Waals surface area contributed by atoms with Gasteiger partial charge in [0.1, 0.15) is 0 Å². The van der Waals surface area contributed by atoms with Gasteiger partial charge in [-0.25, -0.2) is 4.39 Å². The van der Waals surface area contributed by atoms with Crippen LogP contribution < -0.4 is 21.1 Å². The molecule has 0 unspecified atom stereocenters. The Morgan fingerprint density at radius 2 is 2.11 bits per heavy atom. The number of halogens is 1. The lowest BCUT2D eigenvalue weighted by Gasteiger charge is -2.07. The average Bonchev–Trinajstić information content (AvgIpc) is 2.36. The van der Waals surface area contributed by atoms with E-state index in [9.17, 15) is 14.0 Å². The minimum absolute atomic E-state index is 0.0561. The Morgan fingerprint density at radius 3 is 2.67 bits per heavy atom. The van der Waals surface area contributed by atoms with Crippen LogP contribution in [0.15, 0.2) is 18.2 Å². The number of anilines is 1. The maximum Gasteiger partial charge on any atom is 0.313 e. The monoisotopic (exact) mass is 255 g/mol. The molecule has 0 fully saturated rings. The maximum atomic E-state index is 13.3. The Bertz CT molecular complexity index is 451. The van der Waals surface area contributed by atoms with Gasteiger partial charge in [0.25, 0.3) is 0 Å². The van der Waals surface area contributed by atoms with Crippen molar-refractivity contribution in [3.05, 3.63) is 24.0 Å². The molecule has 2 amide bonds. The van der Waals surface area contributed by atoms with E-state index in [1.807, 2.05) is 0 Å². The second-order valence-electron chi connectivity index (χ2n) is 3.35. The Labute approximate surface area is 103 Å². The van der Waals surface area contributed by atoms with E-state index in [2.05, 4.69) is 10.6 Å². The number of nitrogens with two attached hydrogens (primary N) is 1. The van der Waals surface area contributed by atoms with Crippen LogP contribution in [0.25, 0.3) is 0 Å². The van der Waals surface area contributed by atoms with Crippen LogP contribution in [0.3, 0.4) is 0 Å². The molecule has 0 bridgehead atoms. The predicted molar refractivity (Wildman–Crippen MR) is 63.6 cm³/mol. The molecule has 0 atom stereocenters. The summed E-state index contributed by atoms with van der Waals surface area (Å²) < 4.78 is 18.0. The van der Waals surface area contributed by atoms with Crippen molar-refractivity contribution >= 4 is 17.5 Å². The highest BCUT2D eigenvalue weighted by Crippen LogP contribution is 2.20. The van der Waals surface area contributed by atoms with E-state index in [0.29, 0.717) is 0 Å². The summed E-state index contributed by atoms with van der Waals surface area (Å²) in [5.74, 6) is -2.28. The molecule has 0 radical (unpaired) electrons. The highest BCUT2D eigenvalue weighted by Gasteiger charge is 2.13. The Morgan fingerprint density at radius 1 is 1.39 bits per heavy atom. The number of ether oxygens (including phenoxy) is 1. The van der Waals surface area contributed by atoms with E-state index in [1.165, 1.54) is 19.2 Å². The van der Waals surface area contributed by atoms with Crippen LogP contribution in [-0.4, -0.2) is 32.0 Å². The molecule has 0 spiro atoms. The fraction of sp³-hybridized carbons (Fsp3) is 0.273. The molecular formula is C11H14FN3O3. The number of carbonyl (C=O) groups is 2. The van der Waals surface area contributed by atoms with Crippen molar-refractivity contribution in [3.8, 4) is 5.75 Å². The van der Waals surface area contributed by atoms with E-state index in [4.69, 9.17) is 10.5 Å². The lowest BCUT2D eigenvalue weighted by molar-refractivity contribution is -0.136. The molecule has 0 aliphatic carbocycles. The van der Waals surface area contributed by atoms with Crippen molar-refractivity contribution in [2.75, 3.05) is 25.5 Å². The minimum Gasteiger partial charge on any atom is -0.494 e. The molecule has 0 saturated carbocycles. The molecule has 1 aromatic rings. The summed E-state index contributed by atoms with van der Waals surface area (Å²) in [6, 6.07) is 3.84. The van der Waals surface area contributed by atoms with Crippen LogP contribution in [0.5, 0.6) is 5.75 Å². The van der Waals surface area contributed by atoms with E-state index >= 15 is 0 Å². The zero-order chi connectivity index (χ0) is 13.5. The number of carbonyl (C=O) groups excluding carboxylic acids is 2. The molecule has 0 saturated heterocycles. The van der Waals surface area contributed by atoms with Gasteiger partial charge in [-0.2, -0.15) is 0 Å². The predicted octanol–water partition coefficient (Wildman–Crippen LogP) is -0.152. The first kappa shape index (κ1) is 13.9. The molecule has 7 heteroatoms. The van der Waals surface area contributed by atoms with Gasteiger partial charge in [0.05, 0.1) is 7.11 Å². The molecule has 0 aliphatic rings. The summed E-state index contributed by atoms with van der Waals surface area (Å²) in [5, 5.41) is 4.55. The second kappa shape index (κ2) is 6.55. The van der Waals surface area contributed by atoms with E-state index in [-0.39, 0.29) is 24.5 Å². The van der Waals surface area contributed by atoms with E-state index in [0.717, 1.165) is 6.07 Å². The summed E-state index contributed by atoms with van der Waals surface area (Å²) in [6.45, 7) is 0.430. The topological polar surface area (TPSA) is 93.4 Å². The Hall–Kier alpha value is -2.15. The second-order valence-corrected chi connectivity index (χ2v) is 3.35.